The van der Waals surface area contributed by atoms with Crippen LogP contribution in [0.5, 0.6) is 0 Å². The summed E-state index contributed by atoms with van der Waals surface area (Å²) in [6.45, 7) is 0. The van der Waals surface area contributed by atoms with E-state index < -0.39 is 105 Å². The number of nitrogens with zero attached hydrogens (tertiary/aromatic N) is 5. The van der Waals surface area contributed by atoms with Crippen LogP contribution in [0.25, 0.3) is 78.0 Å². The molecular weight excluding hydrogens is 783 g/mol. The zero-order chi connectivity index (χ0) is 55.7. The first-order valence-corrected chi connectivity index (χ1v) is 22.1. The molecule has 9 aromatic carbocycles. The molecule has 0 fully saturated rings. The van der Waals surface area contributed by atoms with Crippen LogP contribution in [0.15, 0.2) is 236 Å². The van der Waals surface area contributed by atoms with Gasteiger partial charge in [-0.15, -0.1) is 0 Å². The quantitative estimate of drug-likeness (QED) is 0.113. The van der Waals surface area contributed by atoms with Crippen molar-refractivity contribution in [2.45, 2.75) is 0 Å². The highest BCUT2D eigenvalue weighted by molar-refractivity contribution is 7.19. The molecule has 0 saturated heterocycles. The molecule has 3 aromatic heterocycles. The van der Waals surface area contributed by atoms with E-state index in [1.54, 1.807) is 36.4 Å². The minimum Gasteiger partial charge on any atom is -0.309 e. The third-order valence-electron chi connectivity index (χ3n) is 11.5. The Morgan fingerprint density at radius 1 is 0.365 bits per heavy atom. The summed E-state index contributed by atoms with van der Waals surface area (Å²) in [5.74, 6) is -0.484. The Kier molecular flexibility index (Phi) is 5.67. The van der Waals surface area contributed by atoms with E-state index in [0.717, 1.165) is 20.7 Å². The Morgan fingerprint density at radius 3 is 1.22 bits per heavy atom. The van der Waals surface area contributed by atoms with Crippen LogP contribution < -0.4 is 20.7 Å². The zero-order valence-corrected chi connectivity index (χ0v) is 34.0. The minimum absolute atomic E-state index is 0.00244. The average molecular weight is 838 g/mol. The highest BCUT2D eigenvalue weighted by Gasteiger charge is 2.42. The summed E-state index contributed by atoms with van der Waals surface area (Å²) < 4.78 is 148. The van der Waals surface area contributed by atoms with Crippen LogP contribution in [0.4, 0.5) is 0 Å². The molecule has 296 valence electrons. The molecule has 5 nitrogen and oxygen atoms in total. The maximum Gasteiger partial charge on any atom is 0.238 e. The molecular formula is C57H39N5Si. The van der Waals surface area contributed by atoms with Crippen molar-refractivity contribution in [2.24, 2.45) is 0 Å². The molecule has 0 atom stereocenters. The lowest BCUT2D eigenvalue weighted by Crippen LogP contribution is -2.74. The summed E-state index contributed by atoms with van der Waals surface area (Å²) in [5, 5.41) is 2.86. The second-order valence-electron chi connectivity index (χ2n) is 14.8. The Morgan fingerprint density at radius 2 is 0.762 bits per heavy atom. The fourth-order valence-electron chi connectivity index (χ4n) is 8.79. The second kappa shape index (κ2) is 15.1. The molecule has 12 rings (SSSR count). The van der Waals surface area contributed by atoms with E-state index in [1.165, 1.54) is 9.13 Å². The summed E-state index contributed by atoms with van der Waals surface area (Å²) in [6.07, 6.45) is 0. The summed E-state index contributed by atoms with van der Waals surface area (Å²) in [7, 11) is -3.52. The average Bonchev–Trinajstić information content (AvgIpc) is 3.88. The fourth-order valence-corrected chi connectivity index (χ4v) is 13.6. The summed E-state index contributed by atoms with van der Waals surface area (Å²) >= 11 is 0. The van der Waals surface area contributed by atoms with Gasteiger partial charge in [-0.2, -0.15) is 9.97 Å². The van der Waals surface area contributed by atoms with E-state index in [4.69, 9.17) is 28.7 Å². The van der Waals surface area contributed by atoms with Crippen LogP contribution in [0, 0.1) is 0 Å². The molecule has 0 aliphatic carbocycles. The number of fused-ring (bicyclic) bond motifs is 6. The lowest BCUT2D eigenvalue weighted by atomic mass is 10.1. The summed E-state index contributed by atoms with van der Waals surface area (Å²) in [4.78, 5) is 15.3. The van der Waals surface area contributed by atoms with E-state index in [2.05, 4.69) is 36.4 Å². The Bertz CT molecular complexity index is 4310. The predicted octanol–water partition coefficient (Wildman–Crippen LogP) is 10.8. The number of hydrogen-bond donors (Lipinski definition) is 0. The van der Waals surface area contributed by atoms with Gasteiger partial charge in [0.1, 0.15) is 0 Å². The minimum atomic E-state index is -3.52. The van der Waals surface area contributed by atoms with Crippen LogP contribution >= 0.6 is 0 Å². The van der Waals surface area contributed by atoms with Gasteiger partial charge >= 0.3 is 0 Å². The van der Waals surface area contributed by atoms with Crippen LogP contribution in [0.2, 0.25) is 0 Å². The Hall–Kier alpha value is -8.19. The van der Waals surface area contributed by atoms with Gasteiger partial charge in [0.25, 0.3) is 0 Å². The third-order valence-corrected chi connectivity index (χ3v) is 16.2. The molecule has 63 heavy (non-hydrogen) atoms. The molecule has 0 unspecified atom stereocenters. The summed E-state index contributed by atoms with van der Waals surface area (Å²) in [5.41, 5.74) is -0.193. The summed E-state index contributed by atoms with van der Waals surface area (Å²) in [6, 6.07) is 34.4. The van der Waals surface area contributed by atoms with Gasteiger partial charge in [-0.25, -0.2) is 4.98 Å². The third kappa shape index (κ3) is 5.87. The number of para-hydroxylation sites is 4. The topological polar surface area (TPSA) is 48.5 Å². The van der Waals surface area contributed by atoms with Gasteiger partial charge in [0.05, 0.1) is 49.7 Å². The molecule has 12 aromatic rings. The molecule has 0 aliphatic rings. The fraction of sp³-hybridized carbons (Fsp3) is 0. The maximum absolute atomic E-state index is 9.53. The molecule has 0 amide bonds. The lowest BCUT2D eigenvalue weighted by Gasteiger charge is -2.35. The van der Waals surface area contributed by atoms with Gasteiger partial charge < -0.3 is 4.57 Å². The van der Waals surface area contributed by atoms with Gasteiger partial charge in [0.2, 0.25) is 5.95 Å². The maximum atomic E-state index is 9.53. The first kappa shape index (κ1) is 23.7. The van der Waals surface area contributed by atoms with Gasteiger partial charge in [0.15, 0.2) is 19.7 Å². The standard InChI is InChI=1S/C57H39N5Si/c1-5-21-40(22-6-1)55-58-56(60-57(59-55)62-52-35-19-15-31-47(52)48-32-16-20-36-53(48)62)49-39-44(37-38-54(49)61-50-33-17-13-29-45(50)46-30-14-18-34-51(46)61)63(41-23-7-2-8-24-41,42-25-9-3-10-26-42)43-27-11-4-12-28-43/h1-39H/i13D,14D,15D,16D,17D,18D,19D,20D,29D,30D,31D,32D,33D,34D,35D,36D. The predicted molar refractivity (Wildman–Crippen MR) is 263 cm³/mol. The number of rotatable bonds is 8. The smallest absolute Gasteiger partial charge is 0.238 e. The number of aromatic nitrogens is 5. The molecule has 0 spiro atoms. The van der Waals surface area contributed by atoms with E-state index >= 15 is 0 Å². The monoisotopic (exact) mass is 837 g/mol. The SMILES string of the molecule is [2H]c1c([2H])c([2H])c2c(c1[2H])c1c([2H])c([2H])c([2H])c([2H])c1n2-c1nc(-c2ccccc2)nc(-c2cc([Si](c3ccccc3)(c3ccccc3)c3ccccc3)ccc2-n2c3c([2H])c([2H])c([2H])c([2H])c3c3c([2H])c([2H])c([2H])c([2H])c32)n1. The van der Waals surface area contributed by atoms with Crippen molar-refractivity contribution < 1.29 is 21.9 Å². The molecule has 0 radical (unpaired) electrons. The van der Waals surface area contributed by atoms with E-state index in [0.29, 0.717) is 5.56 Å². The van der Waals surface area contributed by atoms with Crippen molar-refractivity contribution in [1.29, 1.82) is 0 Å². The van der Waals surface area contributed by atoms with Crippen molar-refractivity contribution in [3.8, 4) is 34.4 Å². The highest BCUT2D eigenvalue weighted by atomic mass is 28.3. The second-order valence-corrected chi connectivity index (χ2v) is 18.6. The van der Waals surface area contributed by atoms with E-state index in [1.807, 2.05) is 66.7 Å². The normalized spacial score (nSPS) is 15.4. The van der Waals surface area contributed by atoms with Gasteiger partial charge in [-0.05, 0) is 57.0 Å². The van der Waals surface area contributed by atoms with Crippen molar-refractivity contribution in [1.82, 2.24) is 24.1 Å². The van der Waals surface area contributed by atoms with Crippen molar-refractivity contribution in [2.75, 3.05) is 0 Å². The van der Waals surface area contributed by atoms with Gasteiger partial charge in [0, 0.05) is 32.7 Å². The molecule has 3 heterocycles. The first-order chi connectivity index (χ1) is 37.9. The van der Waals surface area contributed by atoms with E-state index in [9.17, 15) is 8.22 Å². The lowest BCUT2D eigenvalue weighted by molar-refractivity contribution is 0.952. The highest BCUT2D eigenvalue weighted by Crippen LogP contribution is 2.37. The van der Waals surface area contributed by atoms with Crippen LogP contribution in [-0.4, -0.2) is 32.2 Å². The van der Waals surface area contributed by atoms with Crippen LogP contribution in [-0.2, 0) is 0 Å². The molecule has 6 heteroatoms. The van der Waals surface area contributed by atoms with Gasteiger partial charge in [-0.3, -0.25) is 4.57 Å². The van der Waals surface area contributed by atoms with Gasteiger partial charge in [-0.1, -0.05) is 200 Å². The van der Waals surface area contributed by atoms with Crippen molar-refractivity contribution >= 4 is 72.4 Å². The largest absolute Gasteiger partial charge is 0.309 e. The molecule has 0 saturated carbocycles. The first-order valence-electron chi connectivity index (χ1n) is 28.1. The van der Waals surface area contributed by atoms with Crippen molar-refractivity contribution in [3.63, 3.8) is 0 Å². The molecule has 0 N–H and O–H groups in total. The van der Waals surface area contributed by atoms with Crippen LogP contribution in [0.1, 0.15) is 21.9 Å². The Labute approximate surface area is 388 Å². The Balaban J connectivity index is 1.33. The number of benzene rings is 9. The number of hydrogen-bond acceptors (Lipinski definition) is 3. The van der Waals surface area contributed by atoms with Crippen molar-refractivity contribution in [3.05, 3.63) is 236 Å². The zero-order valence-electron chi connectivity index (χ0n) is 49.0. The molecule has 0 bridgehead atoms. The van der Waals surface area contributed by atoms with E-state index in [-0.39, 0.29) is 72.5 Å². The molecule has 0 aliphatic heterocycles. The van der Waals surface area contributed by atoms with Crippen LogP contribution in [0.3, 0.4) is 0 Å².